The SMILES string of the molecule is [c]1cccc2c1CNc1ccccc1N2. The highest BCUT2D eigenvalue weighted by atomic mass is 15.0. The molecule has 2 aromatic carbocycles. The lowest BCUT2D eigenvalue weighted by Crippen LogP contribution is -1.96. The lowest BCUT2D eigenvalue weighted by Gasteiger charge is -2.07. The maximum atomic E-state index is 3.41. The Hall–Kier alpha value is -1.96. The molecule has 1 heterocycles. The highest BCUT2D eigenvalue weighted by Crippen LogP contribution is 2.30. The second-order valence-electron chi connectivity index (χ2n) is 3.59. The molecule has 3 rings (SSSR count). The molecule has 0 atom stereocenters. The van der Waals surface area contributed by atoms with Crippen molar-refractivity contribution in [1.82, 2.24) is 0 Å². The van der Waals surface area contributed by atoms with Gasteiger partial charge in [-0.25, -0.2) is 0 Å². The normalized spacial score (nSPS) is 12.8. The topological polar surface area (TPSA) is 24.1 Å². The van der Waals surface area contributed by atoms with Crippen molar-refractivity contribution in [3.05, 3.63) is 54.1 Å². The second kappa shape index (κ2) is 3.31. The molecule has 2 aromatic rings. The van der Waals surface area contributed by atoms with E-state index in [9.17, 15) is 0 Å². The Bertz CT molecular complexity index is 446. The number of hydrogen-bond acceptors (Lipinski definition) is 2. The molecular formula is C13H11N2. The average molecular weight is 195 g/mol. The Morgan fingerprint density at radius 3 is 2.67 bits per heavy atom. The first-order chi connectivity index (χ1) is 7.43. The second-order valence-corrected chi connectivity index (χ2v) is 3.59. The summed E-state index contributed by atoms with van der Waals surface area (Å²) in [6.45, 7) is 0.820. The minimum absolute atomic E-state index is 0.820. The summed E-state index contributed by atoms with van der Waals surface area (Å²) in [5.41, 5.74) is 4.57. The largest absolute Gasteiger partial charge is 0.379 e. The van der Waals surface area contributed by atoms with Crippen molar-refractivity contribution < 1.29 is 0 Å². The lowest BCUT2D eigenvalue weighted by molar-refractivity contribution is 1.16. The Morgan fingerprint density at radius 2 is 1.73 bits per heavy atom. The molecule has 0 aromatic heterocycles. The Kier molecular flexibility index (Phi) is 1.85. The fourth-order valence-corrected chi connectivity index (χ4v) is 1.81. The molecule has 2 N–H and O–H groups in total. The monoisotopic (exact) mass is 195 g/mol. The van der Waals surface area contributed by atoms with Gasteiger partial charge in [-0.05, 0) is 24.3 Å². The third-order valence-electron chi connectivity index (χ3n) is 2.59. The van der Waals surface area contributed by atoms with Crippen molar-refractivity contribution in [3.8, 4) is 0 Å². The molecule has 0 amide bonds. The van der Waals surface area contributed by atoms with Crippen molar-refractivity contribution in [2.75, 3.05) is 10.6 Å². The minimum Gasteiger partial charge on any atom is -0.379 e. The van der Waals surface area contributed by atoms with Crippen LogP contribution in [0.5, 0.6) is 0 Å². The summed E-state index contributed by atoms with van der Waals surface area (Å²) in [5.74, 6) is 0. The van der Waals surface area contributed by atoms with Gasteiger partial charge in [0, 0.05) is 17.8 Å². The standard InChI is InChI=1S/C13H11N2/c1-2-6-11-10(5-1)9-14-12-7-3-4-8-13(12)15-11/h1-4,6-8,14-15H,9H2. The van der Waals surface area contributed by atoms with Crippen molar-refractivity contribution in [3.63, 3.8) is 0 Å². The van der Waals surface area contributed by atoms with Gasteiger partial charge in [0.2, 0.25) is 0 Å². The first kappa shape index (κ1) is 8.36. The molecule has 15 heavy (non-hydrogen) atoms. The number of fused-ring (bicyclic) bond motifs is 2. The summed E-state index contributed by atoms with van der Waals surface area (Å²) in [6, 6.07) is 17.5. The van der Waals surface area contributed by atoms with E-state index in [-0.39, 0.29) is 0 Å². The third kappa shape index (κ3) is 1.44. The van der Waals surface area contributed by atoms with E-state index in [1.807, 2.05) is 24.3 Å². The number of hydrogen-bond donors (Lipinski definition) is 2. The molecule has 1 radical (unpaired) electrons. The molecule has 0 spiro atoms. The van der Waals surface area contributed by atoms with E-state index in [1.165, 1.54) is 5.56 Å². The maximum absolute atomic E-state index is 3.41. The Labute approximate surface area is 88.9 Å². The number of anilines is 3. The van der Waals surface area contributed by atoms with Crippen LogP contribution in [0.3, 0.4) is 0 Å². The fraction of sp³-hybridized carbons (Fsp3) is 0.0769. The Balaban J connectivity index is 2.10. The highest BCUT2D eigenvalue weighted by Gasteiger charge is 2.09. The molecule has 0 saturated carbocycles. The van der Waals surface area contributed by atoms with Gasteiger partial charge in [0.1, 0.15) is 0 Å². The van der Waals surface area contributed by atoms with E-state index in [2.05, 4.69) is 34.9 Å². The van der Waals surface area contributed by atoms with E-state index in [4.69, 9.17) is 0 Å². The van der Waals surface area contributed by atoms with Crippen LogP contribution >= 0.6 is 0 Å². The van der Waals surface area contributed by atoms with E-state index >= 15 is 0 Å². The van der Waals surface area contributed by atoms with Gasteiger partial charge in [-0.3, -0.25) is 0 Å². The molecule has 1 aliphatic heterocycles. The van der Waals surface area contributed by atoms with Crippen LogP contribution in [0.1, 0.15) is 5.56 Å². The predicted molar refractivity (Wildman–Crippen MR) is 62.3 cm³/mol. The smallest absolute Gasteiger partial charge is 0.0620 e. The zero-order valence-electron chi connectivity index (χ0n) is 8.25. The summed E-state index contributed by atoms with van der Waals surface area (Å²) in [7, 11) is 0. The summed E-state index contributed by atoms with van der Waals surface area (Å²) in [4.78, 5) is 0. The summed E-state index contributed by atoms with van der Waals surface area (Å²) < 4.78 is 0. The van der Waals surface area contributed by atoms with Crippen LogP contribution in [-0.4, -0.2) is 0 Å². The molecule has 0 aliphatic carbocycles. The van der Waals surface area contributed by atoms with Gasteiger partial charge in [-0.15, -0.1) is 0 Å². The zero-order valence-corrected chi connectivity index (χ0v) is 8.25. The first-order valence-corrected chi connectivity index (χ1v) is 5.03. The number of benzene rings is 2. The third-order valence-corrected chi connectivity index (χ3v) is 2.59. The quantitative estimate of drug-likeness (QED) is 0.674. The Morgan fingerprint density at radius 1 is 0.933 bits per heavy atom. The predicted octanol–water partition coefficient (Wildman–Crippen LogP) is 3.16. The van der Waals surface area contributed by atoms with Crippen LogP contribution in [-0.2, 0) is 6.54 Å². The summed E-state index contributed by atoms with van der Waals surface area (Å²) in [5, 5.41) is 6.80. The van der Waals surface area contributed by atoms with E-state index in [0.717, 1.165) is 23.6 Å². The van der Waals surface area contributed by atoms with Crippen LogP contribution in [0, 0.1) is 6.07 Å². The van der Waals surface area contributed by atoms with Crippen molar-refractivity contribution in [1.29, 1.82) is 0 Å². The van der Waals surface area contributed by atoms with Crippen molar-refractivity contribution in [2.45, 2.75) is 6.54 Å². The van der Waals surface area contributed by atoms with Gasteiger partial charge in [0.15, 0.2) is 0 Å². The van der Waals surface area contributed by atoms with Gasteiger partial charge in [-0.2, -0.15) is 0 Å². The molecule has 1 aliphatic rings. The van der Waals surface area contributed by atoms with E-state index < -0.39 is 0 Å². The van der Waals surface area contributed by atoms with Crippen LogP contribution in [0.4, 0.5) is 17.1 Å². The maximum Gasteiger partial charge on any atom is 0.0620 e. The average Bonchev–Trinajstić information content (AvgIpc) is 2.48. The van der Waals surface area contributed by atoms with Crippen LogP contribution < -0.4 is 10.6 Å². The molecule has 2 heteroatoms. The molecule has 0 unspecified atom stereocenters. The summed E-state index contributed by atoms with van der Waals surface area (Å²) in [6.07, 6.45) is 0. The fourth-order valence-electron chi connectivity index (χ4n) is 1.81. The van der Waals surface area contributed by atoms with E-state index in [0.29, 0.717) is 0 Å². The minimum atomic E-state index is 0.820. The summed E-state index contributed by atoms with van der Waals surface area (Å²) >= 11 is 0. The highest BCUT2D eigenvalue weighted by molar-refractivity contribution is 5.77. The molecule has 0 bridgehead atoms. The van der Waals surface area contributed by atoms with Gasteiger partial charge in [0.25, 0.3) is 0 Å². The van der Waals surface area contributed by atoms with Crippen LogP contribution in [0.25, 0.3) is 0 Å². The zero-order chi connectivity index (χ0) is 10.1. The van der Waals surface area contributed by atoms with Crippen molar-refractivity contribution in [2.24, 2.45) is 0 Å². The van der Waals surface area contributed by atoms with Gasteiger partial charge in [-0.1, -0.05) is 24.3 Å². The molecule has 0 saturated heterocycles. The van der Waals surface area contributed by atoms with Crippen LogP contribution in [0.2, 0.25) is 0 Å². The molecule has 2 nitrogen and oxygen atoms in total. The lowest BCUT2D eigenvalue weighted by atomic mass is 10.2. The number of para-hydroxylation sites is 2. The number of nitrogens with one attached hydrogen (secondary N) is 2. The van der Waals surface area contributed by atoms with E-state index in [1.54, 1.807) is 0 Å². The molecule has 0 fully saturated rings. The van der Waals surface area contributed by atoms with Gasteiger partial charge in [0.05, 0.1) is 11.4 Å². The van der Waals surface area contributed by atoms with Crippen LogP contribution in [0.15, 0.2) is 42.5 Å². The molecule has 73 valence electrons. The van der Waals surface area contributed by atoms with Gasteiger partial charge < -0.3 is 10.6 Å². The number of rotatable bonds is 0. The first-order valence-electron chi connectivity index (χ1n) is 5.03. The molecular weight excluding hydrogens is 184 g/mol. The van der Waals surface area contributed by atoms with Gasteiger partial charge >= 0.3 is 0 Å². The van der Waals surface area contributed by atoms with Crippen molar-refractivity contribution >= 4 is 17.1 Å².